The van der Waals surface area contributed by atoms with E-state index in [1.807, 2.05) is 30.8 Å². The Balaban J connectivity index is 0.00000225. The fourth-order valence-corrected chi connectivity index (χ4v) is 4.83. The van der Waals surface area contributed by atoms with Crippen LogP contribution in [-0.2, 0) is 17.1 Å². The van der Waals surface area contributed by atoms with Crippen molar-refractivity contribution in [2.75, 3.05) is 26.7 Å². The van der Waals surface area contributed by atoms with Crippen LogP contribution in [0.5, 0.6) is 5.75 Å². The first kappa shape index (κ1) is 19.7. The Bertz CT molecular complexity index is 838. The monoisotopic (exact) mass is 386 g/mol. The van der Waals surface area contributed by atoms with Gasteiger partial charge in [-0.05, 0) is 24.6 Å². The van der Waals surface area contributed by atoms with Crippen LogP contribution in [0.3, 0.4) is 0 Å². The normalized spacial score (nSPS) is 18.6. The molecule has 0 bridgehead atoms. The molecule has 1 fully saturated rings. The SMILES string of the molecule is COc1ccc(C)cc1S(=O)(=O)N1CCNCC1c1nccn1C.Cl. The highest BCUT2D eigenvalue weighted by molar-refractivity contribution is 7.89. The van der Waals surface area contributed by atoms with Crippen LogP contribution >= 0.6 is 12.4 Å². The average molecular weight is 387 g/mol. The number of benzene rings is 1. The molecule has 9 heteroatoms. The molecule has 0 saturated carbocycles. The van der Waals surface area contributed by atoms with Crippen molar-refractivity contribution in [3.05, 3.63) is 42.0 Å². The van der Waals surface area contributed by atoms with E-state index in [-0.39, 0.29) is 23.3 Å². The van der Waals surface area contributed by atoms with Crippen LogP contribution in [-0.4, -0.2) is 49.0 Å². The second kappa shape index (κ2) is 7.74. The van der Waals surface area contributed by atoms with Gasteiger partial charge in [0.15, 0.2) is 0 Å². The molecule has 0 aliphatic carbocycles. The summed E-state index contributed by atoms with van der Waals surface area (Å²) in [4.78, 5) is 4.54. The summed E-state index contributed by atoms with van der Waals surface area (Å²) in [6, 6.07) is 4.84. The number of nitrogens with one attached hydrogen (secondary N) is 1. The minimum Gasteiger partial charge on any atom is -0.495 e. The van der Waals surface area contributed by atoms with Crippen molar-refractivity contribution in [1.82, 2.24) is 19.2 Å². The van der Waals surface area contributed by atoms with Crippen LogP contribution in [0.2, 0.25) is 0 Å². The molecule has 1 atom stereocenters. The molecular formula is C16H23ClN4O3S. The fourth-order valence-electron chi connectivity index (χ4n) is 3.00. The Hall–Kier alpha value is -1.61. The number of aromatic nitrogens is 2. The number of imidazole rings is 1. The first-order valence-electron chi connectivity index (χ1n) is 7.79. The number of sulfonamides is 1. The van der Waals surface area contributed by atoms with E-state index in [4.69, 9.17) is 4.74 Å². The summed E-state index contributed by atoms with van der Waals surface area (Å²) in [6.07, 6.45) is 3.50. The highest BCUT2D eigenvalue weighted by Crippen LogP contribution is 2.33. The molecule has 25 heavy (non-hydrogen) atoms. The maximum Gasteiger partial charge on any atom is 0.247 e. The van der Waals surface area contributed by atoms with Crippen molar-refractivity contribution in [2.24, 2.45) is 7.05 Å². The third kappa shape index (κ3) is 3.67. The minimum absolute atomic E-state index is 0. The van der Waals surface area contributed by atoms with Crippen molar-refractivity contribution in [1.29, 1.82) is 0 Å². The van der Waals surface area contributed by atoms with Crippen molar-refractivity contribution < 1.29 is 13.2 Å². The lowest BCUT2D eigenvalue weighted by Crippen LogP contribution is -2.49. The summed E-state index contributed by atoms with van der Waals surface area (Å²) in [7, 11) is -0.350. The molecule has 7 nitrogen and oxygen atoms in total. The highest BCUT2D eigenvalue weighted by Gasteiger charge is 2.37. The molecule has 1 saturated heterocycles. The van der Waals surface area contributed by atoms with Crippen molar-refractivity contribution in [2.45, 2.75) is 17.9 Å². The molecule has 1 aliphatic rings. The Labute approximate surface area is 154 Å². The maximum absolute atomic E-state index is 13.3. The molecule has 0 amide bonds. The number of piperazine rings is 1. The Morgan fingerprint density at radius 1 is 1.36 bits per heavy atom. The summed E-state index contributed by atoms with van der Waals surface area (Å²) in [5, 5.41) is 3.25. The minimum atomic E-state index is -3.70. The second-order valence-electron chi connectivity index (χ2n) is 5.89. The standard InChI is InChI=1S/C16H22N4O3S.ClH/c1-12-4-5-14(23-3)15(10-12)24(21,22)20-9-6-17-11-13(20)16-18-7-8-19(16)2;/h4-5,7-8,10,13,17H,6,9,11H2,1-3H3;1H. The smallest absolute Gasteiger partial charge is 0.247 e. The zero-order valence-corrected chi connectivity index (χ0v) is 16.1. The van der Waals surface area contributed by atoms with E-state index in [0.717, 1.165) is 11.4 Å². The molecule has 1 aromatic heterocycles. The number of hydrogen-bond acceptors (Lipinski definition) is 5. The van der Waals surface area contributed by atoms with Gasteiger partial charge in [-0.2, -0.15) is 4.31 Å². The topological polar surface area (TPSA) is 76.5 Å². The highest BCUT2D eigenvalue weighted by atomic mass is 35.5. The molecule has 1 aliphatic heterocycles. The molecule has 0 spiro atoms. The van der Waals surface area contributed by atoms with E-state index in [2.05, 4.69) is 10.3 Å². The van der Waals surface area contributed by atoms with Gasteiger partial charge in [-0.25, -0.2) is 13.4 Å². The van der Waals surface area contributed by atoms with E-state index in [0.29, 0.717) is 25.4 Å². The molecule has 138 valence electrons. The van der Waals surface area contributed by atoms with Gasteiger partial charge in [-0.1, -0.05) is 6.07 Å². The third-order valence-electron chi connectivity index (χ3n) is 4.26. The Morgan fingerprint density at radius 3 is 2.76 bits per heavy atom. The van der Waals surface area contributed by atoms with Crippen LogP contribution in [0.15, 0.2) is 35.5 Å². The first-order valence-corrected chi connectivity index (χ1v) is 9.23. The van der Waals surface area contributed by atoms with Crippen LogP contribution in [0, 0.1) is 6.92 Å². The largest absolute Gasteiger partial charge is 0.495 e. The summed E-state index contributed by atoms with van der Waals surface area (Å²) in [5.41, 5.74) is 0.873. The van der Waals surface area contributed by atoms with E-state index in [1.165, 1.54) is 11.4 Å². The van der Waals surface area contributed by atoms with E-state index in [1.54, 1.807) is 18.3 Å². The fraction of sp³-hybridized carbons (Fsp3) is 0.438. The van der Waals surface area contributed by atoms with Gasteiger partial charge in [0, 0.05) is 39.1 Å². The van der Waals surface area contributed by atoms with Crippen molar-refractivity contribution in [3.63, 3.8) is 0 Å². The summed E-state index contributed by atoms with van der Waals surface area (Å²) in [6.45, 7) is 3.38. The van der Waals surface area contributed by atoms with Gasteiger partial charge in [0.2, 0.25) is 10.0 Å². The second-order valence-corrected chi connectivity index (χ2v) is 7.75. The Morgan fingerprint density at radius 2 is 2.12 bits per heavy atom. The predicted molar refractivity (Wildman–Crippen MR) is 97.7 cm³/mol. The van der Waals surface area contributed by atoms with Gasteiger partial charge in [0.25, 0.3) is 0 Å². The zero-order chi connectivity index (χ0) is 17.3. The molecule has 3 rings (SSSR count). The lowest BCUT2D eigenvalue weighted by molar-refractivity contribution is 0.257. The van der Waals surface area contributed by atoms with E-state index in [9.17, 15) is 8.42 Å². The van der Waals surface area contributed by atoms with Gasteiger partial charge in [0.05, 0.1) is 13.2 Å². The number of methoxy groups -OCH3 is 1. The number of aryl methyl sites for hydroxylation is 2. The van der Waals surface area contributed by atoms with Gasteiger partial charge in [-0.3, -0.25) is 0 Å². The van der Waals surface area contributed by atoms with Crippen LogP contribution in [0.25, 0.3) is 0 Å². The van der Waals surface area contributed by atoms with E-state index >= 15 is 0 Å². The van der Waals surface area contributed by atoms with Crippen LogP contribution < -0.4 is 10.1 Å². The van der Waals surface area contributed by atoms with Crippen molar-refractivity contribution in [3.8, 4) is 5.75 Å². The summed E-state index contributed by atoms with van der Waals surface area (Å²) >= 11 is 0. The van der Waals surface area contributed by atoms with E-state index < -0.39 is 10.0 Å². The molecule has 1 unspecified atom stereocenters. The molecule has 2 aromatic rings. The van der Waals surface area contributed by atoms with Crippen LogP contribution in [0.4, 0.5) is 0 Å². The molecular weight excluding hydrogens is 364 g/mol. The number of hydrogen-bond donors (Lipinski definition) is 1. The van der Waals surface area contributed by atoms with Crippen molar-refractivity contribution >= 4 is 22.4 Å². The van der Waals surface area contributed by atoms with Gasteiger partial charge >= 0.3 is 0 Å². The lowest BCUT2D eigenvalue weighted by atomic mass is 10.2. The molecule has 1 N–H and O–H groups in total. The number of halogens is 1. The molecule has 2 heterocycles. The summed E-state index contributed by atoms with van der Waals surface area (Å²) in [5.74, 6) is 1.08. The number of rotatable bonds is 4. The molecule has 1 aromatic carbocycles. The number of nitrogens with zero attached hydrogens (tertiary/aromatic N) is 3. The maximum atomic E-state index is 13.3. The van der Waals surface area contributed by atoms with Gasteiger partial charge in [0.1, 0.15) is 16.5 Å². The average Bonchev–Trinajstić information content (AvgIpc) is 3.00. The Kier molecular flexibility index (Phi) is 6.10. The van der Waals surface area contributed by atoms with Gasteiger partial charge < -0.3 is 14.6 Å². The quantitative estimate of drug-likeness (QED) is 0.861. The van der Waals surface area contributed by atoms with Crippen LogP contribution in [0.1, 0.15) is 17.4 Å². The zero-order valence-electron chi connectivity index (χ0n) is 14.5. The summed E-state index contributed by atoms with van der Waals surface area (Å²) < 4.78 is 35.3. The third-order valence-corrected chi connectivity index (χ3v) is 6.19. The molecule has 0 radical (unpaired) electrons. The van der Waals surface area contributed by atoms with Gasteiger partial charge in [-0.15, -0.1) is 12.4 Å². The lowest BCUT2D eigenvalue weighted by Gasteiger charge is -2.35. The number of ether oxygens (including phenoxy) is 1. The first-order chi connectivity index (χ1) is 11.4. The predicted octanol–water partition coefficient (Wildman–Crippen LogP) is 1.49.